The molecule has 1 heterocycles. The van der Waals surface area contributed by atoms with E-state index in [1.807, 2.05) is 12.1 Å². The third-order valence-electron chi connectivity index (χ3n) is 3.30. The second-order valence-corrected chi connectivity index (χ2v) is 5.33. The number of hydrogen-bond donors (Lipinski definition) is 1. The zero-order valence-corrected chi connectivity index (χ0v) is 12.4. The van der Waals surface area contributed by atoms with Crippen LogP contribution in [0.2, 0.25) is 5.02 Å². The van der Waals surface area contributed by atoms with Crippen molar-refractivity contribution in [2.45, 2.75) is 32.4 Å². The quantitative estimate of drug-likeness (QED) is 0.794. The standard InChI is InChI=1S/C14H22ClN3O/c1-3-16-10-13-12(15)6-7-14(17-13)19-9-8-18(2)11-4-5-11/h6-7,11,16H,3-5,8-10H2,1-2H3. The lowest BCUT2D eigenvalue weighted by molar-refractivity contribution is 0.226. The molecule has 1 N–H and O–H groups in total. The molecule has 1 aromatic rings. The van der Waals surface area contributed by atoms with Gasteiger partial charge >= 0.3 is 0 Å². The van der Waals surface area contributed by atoms with Crippen LogP contribution in [-0.2, 0) is 6.54 Å². The van der Waals surface area contributed by atoms with Crippen molar-refractivity contribution in [2.75, 3.05) is 26.7 Å². The lowest BCUT2D eigenvalue weighted by Crippen LogP contribution is -2.26. The van der Waals surface area contributed by atoms with Crippen LogP contribution in [0.15, 0.2) is 12.1 Å². The summed E-state index contributed by atoms with van der Waals surface area (Å²) in [6.45, 7) is 5.24. The Kier molecular flexibility index (Phi) is 5.43. The molecule has 4 nitrogen and oxygen atoms in total. The Bertz CT molecular complexity index is 410. The van der Waals surface area contributed by atoms with Gasteiger partial charge < -0.3 is 15.0 Å². The molecule has 1 fully saturated rings. The number of aromatic nitrogens is 1. The lowest BCUT2D eigenvalue weighted by Gasteiger charge is -2.15. The van der Waals surface area contributed by atoms with E-state index in [1.165, 1.54) is 12.8 Å². The molecule has 0 atom stereocenters. The SMILES string of the molecule is CCNCc1nc(OCCN(C)C2CC2)ccc1Cl. The van der Waals surface area contributed by atoms with Gasteiger partial charge in [-0.15, -0.1) is 0 Å². The summed E-state index contributed by atoms with van der Waals surface area (Å²) >= 11 is 6.10. The maximum Gasteiger partial charge on any atom is 0.213 e. The van der Waals surface area contributed by atoms with E-state index in [4.69, 9.17) is 16.3 Å². The highest BCUT2D eigenvalue weighted by Gasteiger charge is 2.25. The largest absolute Gasteiger partial charge is 0.476 e. The molecule has 0 aromatic carbocycles. The molecule has 19 heavy (non-hydrogen) atoms. The van der Waals surface area contributed by atoms with Crippen LogP contribution >= 0.6 is 11.6 Å². The molecule has 0 aliphatic heterocycles. The van der Waals surface area contributed by atoms with Crippen molar-refractivity contribution in [3.8, 4) is 5.88 Å². The van der Waals surface area contributed by atoms with Crippen LogP contribution in [0.3, 0.4) is 0 Å². The Labute approximate surface area is 120 Å². The summed E-state index contributed by atoms with van der Waals surface area (Å²) in [6, 6.07) is 4.45. The van der Waals surface area contributed by atoms with E-state index >= 15 is 0 Å². The predicted molar refractivity (Wildman–Crippen MR) is 77.8 cm³/mol. The Hall–Kier alpha value is -0.840. The Balaban J connectivity index is 1.81. The van der Waals surface area contributed by atoms with Crippen molar-refractivity contribution >= 4 is 11.6 Å². The first-order valence-corrected chi connectivity index (χ1v) is 7.27. The molecule has 0 spiro atoms. The van der Waals surface area contributed by atoms with Crippen molar-refractivity contribution in [1.82, 2.24) is 15.2 Å². The second-order valence-electron chi connectivity index (χ2n) is 4.92. The van der Waals surface area contributed by atoms with Crippen LogP contribution in [0.25, 0.3) is 0 Å². The molecule has 5 heteroatoms. The number of rotatable bonds is 8. The molecule has 0 unspecified atom stereocenters. The molecule has 0 saturated heterocycles. The molecular formula is C14H22ClN3O. The van der Waals surface area contributed by atoms with Crippen LogP contribution in [0.5, 0.6) is 5.88 Å². The number of likely N-dealkylation sites (N-methyl/N-ethyl adjacent to an activating group) is 1. The van der Waals surface area contributed by atoms with Crippen LogP contribution < -0.4 is 10.1 Å². The minimum Gasteiger partial charge on any atom is -0.476 e. The van der Waals surface area contributed by atoms with E-state index < -0.39 is 0 Å². The molecule has 0 radical (unpaired) electrons. The lowest BCUT2D eigenvalue weighted by atomic mass is 10.3. The summed E-state index contributed by atoms with van der Waals surface area (Å²) in [6.07, 6.45) is 2.64. The highest BCUT2D eigenvalue weighted by atomic mass is 35.5. The number of nitrogens with one attached hydrogen (secondary N) is 1. The van der Waals surface area contributed by atoms with E-state index in [0.29, 0.717) is 24.1 Å². The van der Waals surface area contributed by atoms with E-state index in [0.717, 1.165) is 24.8 Å². The van der Waals surface area contributed by atoms with Crippen molar-refractivity contribution in [3.05, 3.63) is 22.8 Å². The van der Waals surface area contributed by atoms with Crippen molar-refractivity contribution in [2.24, 2.45) is 0 Å². The smallest absolute Gasteiger partial charge is 0.213 e. The van der Waals surface area contributed by atoms with Gasteiger partial charge in [0.05, 0.1) is 10.7 Å². The normalized spacial score (nSPS) is 14.9. The molecule has 0 bridgehead atoms. The number of pyridine rings is 1. The summed E-state index contributed by atoms with van der Waals surface area (Å²) in [7, 11) is 2.15. The topological polar surface area (TPSA) is 37.4 Å². The monoisotopic (exact) mass is 283 g/mol. The van der Waals surface area contributed by atoms with Gasteiger partial charge in [-0.05, 0) is 32.5 Å². The summed E-state index contributed by atoms with van der Waals surface area (Å²) in [5.41, 5.74) is 0.844. The van der Waals surface area contributed by atoms with Crippen LogP contribution in [0, 0.1) is 0 Å². The van der Waals surface area contributed by atoms with Gasteiger partial charge in [0.25, 0.3) is 0 Å². The molecule has 0 amide bonds. The van der Waals surface area contributed by atoms with Gasteiger partial charge in [-0.2, -0.15) is 0 Å². The van der Waals surface area contributed by atoms with Crippen LogP contribution in [0.4, 0.5) is 0 Å². The van der Waals surface area contributed by atoms with Crippen LogP contribution in [-0.4, -0.2) is 42.7 Å². The molecule has 1 saturated carbocycles. The number of nitrogens with zero attached hydrogens (tertiary/aromatic N) is 2. The van der Waals surface area contributed by atoms with Gasteiger partial charge in [0.15, 0.2) is 0 Å². The van der Waals surface area contributed by atoms with Crippen molar-refractivity contribution in [1.29, 1.82) is 0 Å². The average Bonchev–Trinajstić information content (AvgIpc) is 3.23. The maximum atomic E-state index is 6.10. The second kappa shape index (κ2) is 7.08. The fourth-order valence-corrected chi connectivity index (χ4v) is 2.08. The van der Waals surface area contributed by atoms with Gasteiger partial charge in [-0.3, -0.25) is 0 Å². The maximum absolute atomic E-state index is 6.10. The molecule has 1 aliphatic carbocycles. The first-order chi connectivity index (χ1) is 9.20. The Morgan fingerprint density at radius 2 is 2.26 bits per heavy atom. The van der Waals surface area contributed by atoms with Crippen molar-refractivity contribution in [3.63, 3.8) is 0 Å². The minimum absolute atomic E-state index is 0.654. The highest BCUT2D eigenvalue weighted by Crippen LogP contribution is 2.25. The summed E-state index contributed by atoms with van der Waals surface area (Å²) in [5, 5.41) is 3.90. The number of hydrogen-bond acceptors (Lipinski definition) is 4. The average molecular weight is 284 g/mol. The van der Waals surface area contributed by atoms with E-state index in [1.54, 1.807) is 0 Å². The van der Waals surface area contributed by atoms with Crippen LogP contribution in [0.1, 0.15) is 25.5 Å². The van der Waals surface area contributed by atoms with Gasteiger partial charge in [-0.25, -0.2) is 4.98 Å². The summed E-state index contributed by atoms with van der Waals surface area (Å²) in [5.74, 6) is 0.654. The molecule has 1 aromatic heterocycles. The zero-order chi connectivity index (χ0) is 13.7. The summed E-state index contributed by atoms with van der Waals surface area (Å²) in [4.78, 5) is 6.77. The van der Waals surface area contributed by atoms with Gasteiger partial charge in [0.2, 0.25) is 5.88 Å². The third-order valence-corrected chi connectivity index (χ3v) is 3.64. The Morgan fingerprint density at radius 1 is 1.47 bits per heavy atom. The number of ether oxygens (including phenoxy) is 1. The van der Waals surface area contributed by atoms with Gasteiger partial charge in [0.1, 0.15) is 6.61 Å². The third kappa shape index (κ3) is 4.64. The summed E-state index contributed by atoms with van der Waals surface area (Å²) < 4.78 is 5.69. The van der Waals surface area contributed by atoms with E-state index in [9.17, 15) is 0 Å². The first-order valence-electron chi connectivity index (χ1n) is 6.90. The predicted octanol–water partition coefficient (Wildman–Crippen LogP) is 2.32. The minimum atomic E-state index is 0.654. The molecule has 2 rings (SSSR count). The zero-order valence-electron chi connectivity index (χ0n) is 11.7. The van der Waals surface area contributed by atoms with Gasteiger partial charge in [0, 0.05) is 25.2 Å². The first kappa shape index (κ1) is 14.6. The van der Waals surface area contributed by atoms with Gasteiger partial charge in [-0.1, -0.05) is 18.5 Å². The van der Waals surface area contributed by atoms with E-state index in [-0.39, 0.29) is 0 Å². The molecule has 1 aliphatic rings. The fourth-order valence-electron chi connectivity index (χ4n) is 1.90. The Morgan fingerprint density at radius 3 is 2.95 bits per heavy atom. The fraction of sp³-hybridized carbons (Fsp3) is 0.643. The highest BCUT2D eigenvalue weighted by molar-refractivity contribution is 6.31. The molecular weight excluding hydrogens is 262 g/mol. The number of halogens is 1. The van der Waals surface area contributed by atoms with E-state index in [2.05, 4.69) is 29.2 Å². The van der Waals surface area contributed by atoms with Crippen molar-refractivity contribution < 1.29 is 4.74 Å². The molecule has 106 valence electrons.